The Balaban J connectivity index is 1.23. The molecule has 0 radical (unpaired) electrons. The average Bonchev–Trinajstić information content (AvgIpc) is 3.65. The molecule has 42 heavy (non-hydrogen) atoms. The highest BCUT2D eigenvalue weighted by molar-refractivity contribution is 6.01. The lowest BCUT2D eigenvalue weighted by atomic mass is 9.95. The highest BCUT2D eigenvalue weighted by atomic mass is 19.1. The molecule has 7 nitrogen and oxygen atoms in total. The van der Waals surface area contributed by atoms with Crippen molar-refractivity contribution in [3.63, 3.8) is 0 Å². The highest BCUT2D eigenvalue weighted by Gasteiger charge is 2.49. The van der Waals surface area contributed by atoms with Crippen LogP contribution in [-0.2, 0) is 0 Å². The lowest BCUT2D eigenvalue weighted by Gasteiger charge is -2.34. The molecule has 1 N–H and O–H groups in total. The number of hydrogen-bond acceptors (Lipinski definition) is 7. The Morgan fingerprint density at radius 2 is 1.90 bits per heavy atom. The van der Waals surface area contributed by atoms with Gasteiger partial charge in [0.25, 0.3) is 0 Å². The smallest absolute Gasteiger partial charge is 0.320 e. The quantitative estimate of drug-likeness (QED) is 0.346. The van der Waals surface area contributed by atoms with Crippen molar-refractivity contribution in [3.05, 3.63) is 53.8 Å². The third-order valence-corrected chi connectivity index (χ3v) is 9.68. The van der Waals surface area contributed by atoms with Gasteiger partial charge in [-0.05, 0) is 55.8 Å². The third kappa shape index (κ3) is 4.19. The number of terminal acetylenes is 1. The molecule has 4 saturated heterocycles. The molecule has 0 saturated carbocycles. The van der Waals surface area contributed by atoms with Crippen LogP contribution >= 0.6 is 0 Å². The number of halogens is 2. The van der Waals surface area contributed by atoms with Crippen LogP contribution < -0.4 is 15.0 Å². The number of alkyl halides is 1. The summed E-state index contributed by atoms with van der Waals surface area (Å²) in [7, 11) is 0. The van der Waals surface area contributed by atoms with E-state index >= 15 is 0 Å². The molecule has 6 heterocycles. The second-order valence-electron chi connectivity index (χ2n) is 12.3. The molecule has 4 atom stereocenters. The van der Waals surface area contributed by atoms with Crippen molar-refractivity contribution in [1.82, 2.24) is 25.2 Å². The van der Waals surface area contributed by atoms with E-state index in [0.29, 0.717) is 48.4 Å². The number of aromatic nitrogens is 3. The molecule has 2 bridgehead atoms. The summed E-state index contributed by atoms with van der Waals surface area (Å²) in [5.74, 6) is 2.90. The molecule has 4 aromatic rings. The number of hydrogen-bond donors (Lipinski definition) is 1. The van der Waals surface area contributed by atoms with Crippen LogP contribution in [0, 0.1) is 18.2 Å². The second-order valence-corrected chi connectivity index (χ2v) is 12.3. The first kappa shape index (κ1) is 25.8. The van der Waals surface area contributed by atoms with Crippen molar-refractivity contribution < 1.29 is 13.5 Å². The summed E-state index contributed by atoms with van der Waals surface area (Å²) in [4.78, 5) is 19.3. The van der Waals surface area contributed by atoms with Crippen LogP contribution in [0.1, 0.15) is 37.7 Å². The molecule has 0 spiro atoms. The lowest BCUT2D eigenvalue weighted by Crippen LogP contribution is -2.51. The molecule has 2 unspecified atom stereocenters. The van der Waals surface area contributed by atoms with E-state index in [4.69, 9.17) is 26.1 Å². The Labute approximate surface area is 243 Å². The topological polar surface area (TPSA) is 66.4 Å². The Kier molecular flexibility index (Phi) is 6.06. The molecule has 0 amide bonds. The number of anilines is 1. The molecule has 8 rings (SSSR count). The van der Waals surface area contributed by atoms with E-state index in [1.807, 2.05) is 30.3 Å². The van der Waals surface area contributed by atoms with Gasteiger partial charge in [-0.2, -0.15) is 9.97 Å². The number of piperazine rings is 1. The maximum absolute atomic E-state index is 14.7. The number of fused-ring (bicyclic) bond motifs is 5. The summed E-state index contributed by atoms with van der Waals surface area (Å²) in [5, 5.41) is 6.02. The minimum atomic E-state index is -0.832. The molecule has 4 aliphatic rings. The SMILES string of the molecule is C#Cc1c(F)ccc2cccc(-c3ccc4c(N5CC6CCC(C5)N6)nc(OC[C@@]56CCCN5C[C@H](F)C6)nc4n3)c12. The Morgan fingerprint density at radius 1 is 1.05 bits per heavy atom. The maximum Gasteiger partial charge on any atom is 0.320 e. The molecular formula is C33H32F2N6O. The van der Waals surface area contributed by atoms with E-state index in [9.17, 15) is 8.78 Å². The van der Waals surface area contributed by atoms with Crippen LogP contribution in [0.4, 0.5) is 14.6 Å². The minimum Gasteiger partial charge on any atom is -0.461 e. The first-order chi connectivity index (χ1) is 20.5. The second kappa shape index (κ2) is 9.85. The van der Waals surface area contributed by atoms with Crippen molar-refractivity contribution in [2.24, 2.45) is 0 Å². The van der Waals surface area contributed by atoms with Gasteiger partial charge in [-0.25, -0.2) is 13.8 Å². The monoisotopic (exact) mass is 566 g/mol. The molecule has 214 valence electrons. The van der Waals surface area contributed by atoms with Gasteiger partial charge in [0.1, 0.15) is 24.4 Å². The lowest BCUT2D eigenvalue weighted by molar-refractivity contribution is 0.107. The molecule has 9 heteroatoms. The van der Waals surface area contributed by atoms with Gasteiger partial charge in [0.05, 0.1) is 22.2 Å². The Bertz CT molecular complexity index is 1740. The fourth-order valence-corrected chi connectivity index (χ4v) is 7.76. The van der Waals surface area contributed by atoms with Gasteiger partial charge in [0, 0.05) is 49.1 Å². The highest BCUT2D eigenvalue weighted by Crippen LogP contribution is 2.41. The summed E-state index contributed by atoms with van der Waals surface area (Å²) in [6.07, 6.45) is 9.64. The normalized spacial score (nSPS) is 27.1. The van der Waals surface area contributed by atoms with Crippen LogP contribution in [0.25, 0.3) is 33.1 Å². The van der Waals surface area contributed by atoms with E-state index < -0.39 is 12.0 Å². The van der Waals surface area contributed by atoms with Gasteiger partial charge in [-0.15, -0.1) is 6.42 Å². The molecule has 4 aliphatic heterocycles. The zero-order chi connectivity index (χ0) is 28.4. The van der Waals surface area contributed by atoms with Crippen LogP contribution in [0.2, 0.25) is 0 Å². The molecule has 2 aromatic carbocycles. The van der Waals surface area contributed by atoms with E-state index in [1.54, 1.807) is 6.07 Å². The Hall–Kier alpha value is -3.87. The summed E-state index contributed by atoms with van der Waals surface area (Å²) < 4.78 is 35.5. The van der Waals surface area contributed by atoms with Gasteiger partial charge in [0.2, 0.25) is 0 Å². The van der Waals surface area contributed by atoms with E-state index in [1.165, 1.54) is 6.07 Å². The maximum atomic E-state index is 14.7. The number of rotatable bonds is 5. The van der Waals surface area contributed by atoms with Gasteiger partial charge < -0.3 is 15.0 Å². The molecular weight excluding hydrogens is 534 g/mol. The summed E-state index contributed by atoms with van der Waals surface area (Å²) >= 11 is 0. The van der Waals surface area contributed by atoms with Crippen molar-refractivity contribution in [1.29, 1.82) is 0 Å². The summed E-state index contributed by atoms with van der Waals surface area (Å²) in [6.45, 7) is 3.40. The van der Waals surface area contributed by atoms with Gasteiger partial charge in [-0.3, -0.25) is 4.90 Å². The Morgan fingerprint density at radius 3 is 2.74 bits per heavy atom. The number of nitrogens with zero attached hydrogens (tertiary/aromatic N) is 5. The summed E-state index contributed by atoms with van der Waals surface area (Å²) in [6, 6.07) is 13.9. The van der Waals surface area contributed by atoms with Crippen LogP contribution in [0.5, 0.6) is 6.01 Å². The average molecular weight is 567 g/mol. The predicted molar refractivity (Wildman–Crippen MR) is 159 cm³/mol. The summed E-state index contributed by atoms with van der Waals surface area (Å²) in [5.41, 5.74) is 1.80. The van der Waals surface area contributed by atoms with E-state index in [2.05, 4.69) is 21.0 Å². The predicted octanol–water partition coefficient (Wildman–Crippen LogP) is 4.86. The van der Waals surface area contributed by atoms with Crippen molar-refractivity contribution >= 4 is 27.6 Å². The fourth-order valence-electron chi connectivity index (χ4n) is 7.76. The van der Waals surface area contributed by atoms with Crippen molar-refractivity contribution in [2.45, 2.75) is 55.9 Å². The number of benzene rings is 2. The van der Waals surface area contributed by atoms with Crippen LogP contribution in [0.3, 0.4) is 0 Å². The van der Waals surface area contributed by atoms with Crippen molar-refractivity contribution in [3.8, 4) is 29.6 Å². The number of ether oxygens (including phenoxy) is 1. The van der Waals surface area contributed by atoms with Crippen LogP contribution in [-0.4, -0.2) is 76.4 Å². The van der Waals surface area contributed by atoms with Crippen LogP contribution in [0.15, 0.2) is 42.5 Å². The number of pyridine rings is 1. The van der Waals surface area contributed by atoms with Crippen molar-refractivity contribution in [2.75, 3.05) is 37.7 Å². The fraction of sp³-hybridized carbons (Fsp3) is 0.424. The first-order valence-electron chi connectivity index (χ1n) is 14.9. The molecule has 2 aromatic heterocycles. The zero-order valence-electron chi connectivity index (χ0n) is 23.3. The third-order valence-electron chi connectivity index (χ3n) is 9.68. The molecule has 4 fully saturated rings. The van der Waals surface area contributed by atoms with E-state index in [0.717, 1.165) is 67.5 Å². The zero-order valence-corrected chi connectivity index (χ0v) is 23.3. The molecule has 0 aliphatic carbocycles. The standard InChI is InChI=1S/C33H32F2N6O/c1-2-24-27(35)11-7-20-5-3-6-25(29(20)24)28-12-10-26-30(37-28)38-32(39-31(26)40-17-22-8-9-23(18-40)36-22)42-19-33-13-4-14-41(33)16-21(34)15-33/h1,3,5-7,10-12,21-23,36H,4,8-9,13-19H2/t21-,22?,23?,33+/m1/s1. The minimum absolute atomic E-state index is 0.219. The first-order valence-corrected chi connectivity index (χ1v) is 14.9. The van der Waals surface area contributed by atoms with Gasteiger partial charge >= 0.3 is 6.01 Å². The van der Waals surface area contributed by atoms with E-state index in [-0.39, 0.29) is 17.1 Å². The van der Waals surface area contributed by atoms with Gasteiger partial charge in [0.15, 0.2) is 5.65 Å². The van der Waals surface area contributed by atoms with Gasteiger partial charge in [-0.1, -0.05) is 30.2 Å². The largest absolute Gasteiger partial charge is 0.461 e. The number of nitrogens with one attached hydrogen (secondary N) is 1.